The van der Waals surface area contributed by atoms with E-state index in [-0.39, 0.29) is 12.2 Å². The van der Waals surface area contributed by atoms with Gasteiger partial charge in [-0.1, -0.05) is 30.3 Å². The summed E-state index contributed by atoms with van der Waals surface area (Å²) in [4.78, 5) is 11.6. The van der Waals surface area contributed by atoms with Crippen LogP contribution in [0.25, 0.3) is 0 Å². The van der Waals surface area contributed by atoms with Crippen molar-refractivity contribution >= 4 is 15.6 Å². The molecule has 0 saturated carbocycles. The predicted molar refractivity (Wildman–Crippen MR) is 64.1 cm³/mol. The molecule has 3 nitrogen and oxygen atoms in total. The minimum atomic E-state index is -3.26. The summed E-state index contributed by atoms with van der Waals surface area (Å²) in [6.45, 7) is 1.45. The van der Waals surface area contributed by atoms with Crippen molar-refractivity contribution in [2.45, 2.75) is 25.0 Å². The fourth-order valence-corrected chi connectivity index (χ4v) is 1.95. The first kappa shape index (κ1) is 12.9. The highest BCUT2D eigenvalue weighted by Crippen LogP contribution is 2.07. The Bertz CT molecular complexity index is 448. The van der Waals surface area contributed by atoms with Crippen LogP contribution < -0.4 is 0 Å². The van der Waals surface area contributed by atoms with Gasteiger partial charge in [-0.25, -0.2) is 8.42 Å². The first-order chi connectivity index (χ1) is 7.41. The lowest BCUT2D eigenvalue weighted by Gasteiger charge is -2.07. The molecule has 0 saturated heterocycles. The fourth-order valence-electron chi connectivity index (χ4n) is 1.35. The smallest absolute Gasteiger partial charge is 0.157 e. The molecule has 0 fully saturated rings. The zero-order valence-corrected chi connectivity index (χ0v) is 10.3. The quantitative estimate of drug-likeness (QED) is 0.786. The molecule has 0 amide bonds. The molecular formula is C12H16O3S. The van der Waals surface area contributed by atoms with Gasteiger partial charge >= 0.3 is 0 Å². The molecule has 0 aromatic heterocycles. The van der Waals surface area contributed by atoms with Crippen LogP contribution in [0.15, 0.2) is 30.3 Å². The largest absolute Gasteiger partial charge is 0.298 e. The van der Waals surface area contributed by atoms with E-state index < -0.39 is 15.1 Å². The number of benzene rings is 1. The minimum absolute atomic E-state index is 0.216. The van der Waals surface area contributed by atoms with E-state index >= 15 is 0 Å². The highest BCUT2D eigenvalue weighted by Gasteiger charge is 2.22. The average molecular weight is 240 g/mol. The molecule has 16 heavy (non-hydrogen) atoms. The van der Waals surface area contributed by atoms with Gasteiger partial charge in [0.2, 0.25) is 0 Å². The van der Waals surface area contributed by atoms with Crippen LogP contribution in [0.3, 0.4) is 0 Å². The summed E-state index contributed by atoms with van der Waals surface area (Å²) in [5.41, 5.74) is 1.05. The van der Waals surface area contributed by atoms with E-state index in [1.807, 2.05) is 30.3 Å². The number of Topliss-reactive ketones (excluding diaryl/α,β-unsaturated/α-hetero) is 1. The van der Waals surface area contributed by atoms with Gasteiger partial charge in [-0.2, -0.15) is 0 Å². The first-order valence-electron chi connectivity index (χ1n) is 5.17. The molecular weight excluding hydrogens is 224 g/mol. The Morgan fingerprint density at radius 2 is 1.81 bits per heavy atom. The normalized spacial score (nSPS) is 13.4. The van der Waals surface area contributed by atoms with E-state index in [4.69, 9.17) is 0 Å². The van der Waals surface area contributed by atoms with E-state index in [9.17, 15) is 13.2 Å². The van der Waals surface area contributed by atoms with Gasteiger partial charge in [-0.15, -0.1) is 0 Å². The molecule has 0 aliphatic carbocycles. The van der Waals surface area contributed by atoms with E-state index in [1.54, 1.807) is 0 Å². The van der Waals surface area contributed by atoms with E-state index in [2.05, 4.69) is 0 Å². The highest BCUT2D eigenvalue weighted by atomic mass is 32.2. The molecule has 0 radical (unpaired) electrons. The lowest BCUT2D eigenvalue weighted by molar-refractivity contribution is -0.118. The van der Waals surface area contributed by atoms with Crippen molar-refractivity contribution in [2.24, 2.45) is 0 Å². The van der Waals surface area contributed by atoms with Gasteiger partial charge in [0.05, 0.1) is 0 Å². The van der Waals surface area contributed by atoms with Crippen LogP contribution in [0.1, 0.15) is 18.9 Å². The van der Waals surface area contributed by atoms with Crippen LogP contribution in [-0.2, 0) is 21.1 Å². The number of ketones is 1. The summed E-state index contributed by atoms with van der Waals surface area (Å²) in [6, 6.07) is 9.57. The van der Waals surface area contributed by atoms with Gasteiger partial charge < -0.3 is 0 Å². The summed E-state index contributed by atoms with van der Waals surface area (Å²) < 4.78 is 22.3. The number of rotatable bonds is 5. The van der Waals surface area contributed by atoms with E-state index in [0.717, 1.165) is 11.8 Å². The Hall–Kier alpha value is -1.16. The second kappa shape index (κ2) is 5.25. The van der Waals surface area contributed by atoms with Crippen molar-refractivity contribution in [3.8, 4) is 0 Å². The topological polar surface area (TPSA) is 51.2 Å². The fraction of sp³-hybridized carbons (Fsp3) is 0.417. The maximum Gasteiger partial charge on any atom is 0.157 e. The highest BCUT2D eigenvalue weighted by molar-refractivity contribution is 7.92. The second-order valence-electron chi connectivity index (χ2n) is 3.92. The van der Waals surface area contributed by atoms with Crippen LogP contribution in [0.4, 0.5) is 0 Å². The SMILES string of the molecule is CC(C(=O)CCc1ccccc1)S(C)(=O)=O. The third kappa shape index (κ3) is 3.77. The Balaban J connectivity index is 2.54. The first-order valence-corrected chi connectivity index (χ1v) is 7.12. The summed E-state index contributed by atoms with van der Waals surface area (Å²) >= 11 is 0. The average Bonchev–Trinajstić information content (AvgIpc) is 2.25. The van der Waals surface area contributed by atoms with Crippen LogP contribution in [0.2, 0.25) is 0 Å². The van der Waals surface area contributed by atoms with Crippen LogP contribution in [0.5, 0.6) is 0 Å². The zero-order valence-electron chi connectivity index (χ0n) is 9.51. The molecule has 0 N–H and O–H groups in total. The van der Waals surface area contributed by atoms with E-state index in [1.165, 1.54) is 6.92 Å². The van der Waals surface area contributed by atoms with Crippen molar-refractivity contribution in [2.75, 3.05) is 6.26 Å². The van der Waals surface area contributed by atoms with Crippen molar-refractivity contribution in [3.05, 3.63) is 35.9 Å². The van der Waals surface area contributed by atoms with Crippen molar-refractivity contribution in [1.82, 2.24) is 0 Å². The number of sulfone groups is 1. The molecule has 1 unspecified atom stereocenters. The summed E-state index contributed by atoms with van der Waals surface area (Å²) in [5.74, 6) is -0.216. The molecule has 4 heteroatoms. The van der Waals surface area contributed by atoms with Crippen LogP contribution in [-0.4, -0.2) is 25.7 Å². The minimum Gasteiger partial charge on any atom is -0.298 e. The van der Waals surface area contributed by atoms with Crippen LogP contribution >= 0.6 is 0 Å². The maximum absolute atomic E-state index is 11.6. The molecule has 1 atom stereocenters. The Kier molecular flexibility index (Phi) is 4.24. The molecule has 0 heterocycles. The summed E-state index contributed by atoms with van der Waals surface area (Å²) in [7, 11) is -3.26. The molecule has 0 spiro atoms. The van der Waals surface area contributed by atoms with Gasteiger partial charge in [-0.05, 0) is 18.9 Å². The Labute approximate surface area is 96.4 Å². The molecule has 0 bridgehead atoms. The zero-order chi connectivity index (χ0) is 12.2. The van der Waals surface area contributed by atoms with Gasteiger partial charge in [0.15, 0.2) is 15.6 Å². The molecule has 0 aliphatic rings. The van der Waals surface area contributed by atoms with Crippen molar-refractivity contribution < 1.29 is 13.2 Å². The number of carbonyl (C=O) groups excluding carboxylic acids is 1. The number of carbonyl (C=O) groups is 1. The molecule has 1 aromatic carbocycles. The molecule has 88 valence electrons. The van der Waals surface area contributed by atoms with Crippen molar-refractivity contribution in [3.63, 3.8) is 0 Å². The summed E-state index contributed by atoms with van der Waals surface area (Å²) in [5, 5.41) is -0.892. The third-order valence-electron chi connectivity index (χ3n) is 2.60. The Morgan fingerprint density at radius 1 is 1.25 bits per heavy atom. The number of hydrogen-bond acceptors (Lipinski definition) is 3. The molecule has 1 aromatic rings. The summed E-state index contributed by atoms with van der Waals surface area (Å²) in [6.07, 6.45) is 1.97. The van der Waals surface area contributed by atoms with E-state index in [0.29, 0.717) is 6.42 Å². The van der Waals surface area contributed by atoms with Gasteiger partial charge in [0, 0.05) is 12.7 Å². The number of aryl methyl sites for hydroxylation is 1. The lowest BCUT2D eigenvalue weighted by atomic mass is 10.1. The monoisotopic (exact) mass is 240 g/mol. The van der Waals surface area contributed by atoms with Crippen LogP contribution in [0, 0.1) is 0 Å². The third-order valence-corrected chi connectivity index (χ3v) is 4.15. The van der Waals surface area contributed by atoms with Gasteiger partial charge in [-0.3, -0.25) is 4.79 Å². The van der Waals surface area contributed by atoms with Gasteiger partial charge in [0.1, 0.15) is 5.25 Å². The van der Waals surface area contributed by atoms with Crippen molar-refractivity contribution in [1.29, 1.82) is 0 Å². The second-order valence-corrected chi connectivity index (χ2v) is 6.29. The standard InChI is InChI=1S/C12H16O3S/c1-10(16(2,14)15)12(13)9-8-11-6-4-3-5-7-11/h3-7,10H,8-9H2,1-2H3. The lowest BCUT2D eigenvalue weighted by Crippen LogP contribution is -2.26. The maximum atomic E-state index is 11.6. The van der Waals surface area contributed by atoms with Gasteiger partial charge in [0.25, 0.3) is 0 Å². The molecule has 0 aliphatic heterocycles. The molecule has 1 rings (SSSR count). The number of hydrogen-bond donors (Lipinski definition) is 0. The Morgan fingerprint density at radius 3 is 2.31 bits per heavy atom. The predicted octanol–water partition coefficient (Wildman–Crippen LogP) is 1.62.